The summed E-state index contributed by atoms with van der Waals surface area (Å²) in [5.74, 6) is 0. The molecule has 1 aliphatic heterocycles. The van der Waals surface area contributed by atoms with Gasteiger partial charge in [0, 0.05) is 0 Å². The Labute approximate surface area is 82.2 Å². The van der Waals surface area contributed by atoms with E-state index in [1.54, 1.807) is 0 Å². The predicted octanol–water partition coefficient (Wildman–Crippen LogP) is 3.06. The van der Waals surface area contributed by atoms with Crippen molar-refractivity contribution in [2.24, 2.45) is 5.41 Å². The summed E-state index contributed by atoms with van der Waals surface area (Å²) >= 11 is 0. The van der Waals surface area contributed by atoms with Gasteiger partial charge in [-0.05, 0) is 0 Å². The maximum atomic E-state index is 12.1. The molecule has 0 aromatic rings. The van der Waals surface area contributed by atoms with Crippen molar-refractivity contribution in [2.75, 3.05) is 6.61 Å². The minimum absolute atomic E-state index is 1.22. The second-order valence-electron chi connectivity index (χ2n) is 3.12. The minimum Gasteiger partial charge on any atom is -0.371 e. The maximum Gasteiger partial charge on any atom is 0.414 e. The topological polar surface area (TPSA) is 12.5 Å². The molecule has 0 amide bonds. The molecule has 0 aromatic carbocycles. The number of halogens is 9. The van der Waals surface area contributed by atoms with Crippen molar-refractivity contribution < 1.29 is 44.3 Å². The van der Waals surface area contributed by atoms with Crippen LogP contribution < -0.4 is 0 Å². The van der Waals surface area contributed by atoms with E-state index in [1.807, 2.05) is 0 Å². The first-order valence-electron chi connectivity index (χ1n) is 3.67. The molecule has 1 unspecified atom stereocenters. The fourth-order valence-electron chi connectivity index (χ4n) is 1.33. The molecule has 1 saturated heterocycles. The highest BCUT2D eigenvalue weighted by Crippen LogP contribution is 2.64. The van der Waals surface area contributed by atoms with Gasteiger partial charge in [0.05, 0.1) is 6.61 Å². The highest BCUT2D eigenvalue weighted by Gasteiger charge is 2.88. The fourth-order valence-corrected chi connectivity index (χ4v) is 1.33. The highest BCUT2D eigenvalue weighted by molar-refractivity contribution is 5.08. The molecule has 1 nitrogen and oxygen atoms in total. The third-order valence-electron chi connectivity index (χ3n) is 2.16. The first-order chi connectivity index (χ1) is 6.86. The van der Waals surface area contributed by atoms with Gasteiger partial charge in [-0.1, -0.05) is 0 Å². The molecule has 16 heavy (non-hydrogen) atoms. The Morgan fingerprint density at radius 1 is 0.688 bits per heavy atom. The van der Waals surface area contributed by atoms with E-state index in [9.17, 15) is 39.5 Å². The lowest BCUT2D eigenvalue weighted by atomic mass is 9.82. The minimum atomic E-state index is -6.51. The summed E-state index contributed by atoms with van der Waals surface area (Å²) < 4.78 is 113. The third kappa shape index (κ3) is 1.62. The average molecular weight is 262 g/mol. The molecule has 1 aliphatic rings. The Morgan fingerprint density at radius 2 is 0.938 bits per heavy atom. The summed E-state index contributed by atoms with van der Waals surface area (Å²) in [6.45, 7) is -1.22. The molecule has 1 fully saturated rings. The molecule has 0 aliphatic carbocycles. The second kappa shape index (κ2) is 3.17. The molecular formula is C6H3F9O. The van der Waals surface area contributed by atoms with Crippen LogP contribution in [0.4, 0.5) is 39.5 Å². The monoisotopic (exact) mass is 262 g/mol. The summed E-state index contributed by atoms with van der Waals surface area (Å²) in [5.41, 5.74) is -5.80. The molecular weight excluding hydrogens is 259 g/mol. The molecule has 1 heterocycles. The van der Waals surface area contributed by atoms with Crippen LogP contribution in [0.15, 0.2) is 0 Å². The van der Waals surface area contributed by atoms with Crippen molar-refractivity contribution in [1.82, 2.24) is 0 Å². The number of hydrogen-bond acceptors (Lipinski definition) is 1. The smallest absolute Gasteiger partial charge is 0.371 e. The van der Waals surface area contributed by atoms with Gasteiger partial charge in [-0.2, -0.15) is 39.5 Å². The van der Waals surface area contributed by atoms with Gasteiger partial charge in [0.2, 0.25) is 0 Å². The van der Waals surface area contributed by atoms with Crippen molar-refractivity contribution in [2.45, 2.75) is 24.6 Å². The van der Waals surface area contributed by atoms with Crippen molar-refractivity contribution in [1.29, 1.82) is 0 Å². The molecule has 1 rings (SSSR count). The number of rotatable bonds is 1. The Hall–Kier alpha value is -0.670. The van der Waals surface area contributed by atoms with Crippen LogP contribution in [0.25, 0.3) is 0 Å². The van der Waals surface area contributed by atoms with E-state index >= 15 is 0 Å². The van der Waals surface area contributed by atoms with Gasteiger partial charge in [-0.3, -0.25) is 0 Å². The van der Waals surface area contributed by atoms with Crippen molar-refractivity contribution >= 4 is 0 Å². The Kier molecular flexibility index (Phi) is 2.66. The zero-order valence-corrected chi connectivity index (χ0v) is 7.09. The Balaban J connectivity index is 3.40. The lowest BCUT2D eigenvalue weighted by molar-refractivity contribution is -0.431. The Morgan fingerprint density at radius 3 is 1.00 bits per heavy atom. The van der Waals surface area contributed by atoms with E-state index in [2.05, 4.69) is 4.74 Å². The molecule has 0 N–H and O–H groups in total. The van der Waals surface area contributed by atoms with E-state index in [4.69, 9.17) is 0 Å². The first-order valence-corrected chi connectivity index (χ1v) is 3.67. The van der Waals surface area contributed by atoms with Crippen LogP contribution in [0.5, 0.6) is 0 Å². The van der Waals surface area contributed by atoms with E-state index in [-0.39, 0.29) is 0 Å². The first kappa shape index (κ1) is 13.4. The largest absolute Gasteiger partial charge is 0.414 e. The number of alkyl halides is 9. The van der Waals surface area contributed by atoms with Gasteiger partial charge in [0.1, 0.15) is 6.10 Å². The van der Waals surface area contributed by atoms with Gasteiger partial charge >= 0.3 is 18.5 Å². The van der Waals surface area contributed by atoms with E-state index < -0.39 is 36.7 Å². The summed E-state index contributed by atoms with van der Waals surface area (Å²) in [7, 11) is 0. The molecule has 10 heteroatoms. The number of hydrogen-bond donors (Lipinski definition) is 0. The standard InChI is InChI=1S/C6H3F9O/c7-4(8,9)3(2-1-16-2,5(10,11)12)6(13,14)15/h2H,1H2. The van der Waals surface area contributed by atoms with Crippen LogP contribution in [0.2, 0.25) is 0 Å². The molecule has 0 radical (unpaired) electrons. The highest BCUT2D eigenvalue weighted by atomic mass is 19.4. The van der Waals surface area contributed by atoms with Crippen molar-refractivity contribution in [3.05, 3.63) is 0 Å². The molecule has 0 aromatic heterocycles. The zero-order chi connectivity index (χ0) is 13.0. The fraction of sp³-hybridized carbons (Fsp3) is 1.00. The van der Waals surface area contributed by atoms with Crippen LogP contribution in [-0.4, -0.2) is 31.2 Å². The van der Waals surface area contributed by atoms with Gasteiger partial charge in [-0.25, -0.2) is 0 Å². The molecule has 96 valence electrons. The number of ether oxygens (including phenoxy) is 1. The van der Waals surface area contributed by atoms with Gasteiger partial charge in [0.15, 0.2) is 0 Å². The number of epoxide rings is 1. The van der Waals surface area contributed by atoms with Crippen LogP contribution in [0.1, 0.15) is 0 Å². The maximum absolute atomic E-state index is 12.1. The van der Waals surface area contributed by atoms with Gasteiger partial charge in [0.25, 0.3) is 5.41 Å². The van der Waals surface area contributed by atoms with Crippen LogP contribution in [0, 0.1) is 5.41 Å². The van der Waals surface area contributed by atoms with Gasteiger partial charge in [-0.15, -0.1) is 0 Å². The molecule has 0 saturated carbocycles. The van der Waals surface area contributed by atoms with Gasteiger partial charge < -0.3 is 4.74 Å². The molecule has 1 atom stereocenters. The predicted molar refractivity (Wildman–Crippen MR) is 30.3 cm³/mol. The lowest BCUT2D eigenvalue weighted by Gasteiger charge is -2.37. The van der Waals surface area contributed by atoms with Crippen molar-refractivity contribution in [3.8, 4) is 0 Å². The zero-order valence-electron chi connectivity index (χ0n) is 7.09. The van der Waals surface area contributed by atoms with Crippen LogP contribution in [0.3, 0.4) is 0 Å². The van der Waals surface area contributed by atoms with E-state index in [1.165, 1.54) is 0 Å². The van der Waals surface area contributed by atoms with Crippen LogP contribution in [-0.2, 0) is 4.74 Å². The van der Waals surface area contributed by atoms with E-state index in [0.29, 0.717) is 0 Å². The summed E-state index contributed by atoms with van der Waals surface area (Å²) in [6.07, 6.45) is -22.5. The molecule has 0 bridgehead atoms. The normalized spacial score (nSPS) is 23.4. The molecule has 0 spiro atoms. The summed E-state index contributed by atoms with van der Waals surface area (Å²) in [6, 6.07) is 0. The van der Waals surface area contributed by atoms with E-state index in [0.717, 1.165) is 0 Å². The van der Waals surface area contributed by atoms with Crippen LogP contribution >= 0.6 is 0 Å². The Bertz CT molecular complexity index is 231. The lowest BCUT2D eigenvalue weighted by Crippen LogP contribution is -2.63. The van der Waals surface area contributed by atoms with Crippen molar-refractivity contribution in [3.63, 3.8) is 0 Å². The second-order valence-corrected chi connectivity index (χ2v) is 3.12. The quantitative estimate of drug-likeness (QED) is 0.522. The SMILES string of the molecule is FC(F)(F)C(C1CO1)(C(F)(F)F)C(F)(F)F. The third-order valence-corrected chi connectivity index (χ3v) is 2.16. The summed E-state index contributed by atoms with van der Waals surface area (Å²) in [5, 5.41) is 0. The summed E-state index contributed by atoms with van der Waals surface area (Å²) in [4.78, 5) is 0. The average Bonchev–Trinajstić information content (AvgIpc) is 2.59.